The van der Waals surface area contributed by atoms with Crippen LogP contribution in [-0.4, -0.2) is 16.6 Å². The Labute approximate surface area is 228 Å². The number of aryl methyl sites for hydroxylation is 2. The minimum atomic E-state index is -0.781. The van der Waals surface area contributed by atoms with Gasteiger partial charge in [-0.05, 0) is 59.4 Å². The van der Waals surface area contributed by atoms with Crippen LogP contribution in [0.2, 0.25) is 0 Å². The first-order valence-electron chi connectivity index (χ1n) is 13.0. The predicted octanol–water partition coefficient (Wildman–Crippen LogP) is 4.37. The molecule has 0 aliphatic carbocycles. The molecule has 39 heavy (non-hydrogen) atoms. The van der Waals surface area contributed by atoms with Gasteiger partial charge in [-0.15, -0.1) is 0 Å². The highest BCUT2D eigenvalue weighted by molar-refractivity contribution is 6.46. The molecule has 1 saturated heterocycles. The molecule has 6 nitrogen and oxygen atoms in total. The summed E-state index contributed by atoms with van der Waals surface area (Å²) < 4.78 is 5.92. The van der Waals surface area contributed by atoms with Crippen molar-refractivity contribution in [2.24, 2.45) is 0 Å². The number of hydrogen-bond acceptors (Lipinski definition) is 4. The normalized spacial score (nSPS) is 16.5. The van der Waals surface area contributed by atoms with Gasteiger partial charge in [0.25, 0.3) is 5.91 Å². The summed E-state index contributed by atoms with van der Waals surface area (Å²) in [4.78, 5) is 31.2. The van der Waals surface area contributed by atoms with E-state index < -0.39 is 23.5 Å². The zero-order valence-electron chi connectivity index (χ0n) is 22.0. The fourth-order valence-corrected chi connectivity index (χ4v) is 4.91. The third-order valence-corrected chi connectivity index (χ3v) is 7.05. The van der Waals surface area contributed by atoms with Crippen molar-refractivity contribution in [3.63, 3.8) is 0 Å². The van der Waals surface area contributed by atoms with Gasteiger partial charge in [0.1, 0.15) is 12.4 Å². The maximum Gasteiger partial charge on any atom is 0.295 e. The lowest BCUT2D eigenvalue weighted by Gasteiger charge is -2.28. The van der Waals surface area contributed by atoms with Crippen molar-refractivity contribution < 1.29 is 24.4 Å². The van der Waals surface area contributed by atoms with Crippen LogP contribution in [0.4, 0.5) is 0 Å². The molecule has 0 radical (unpaired) electrons. The van der Waals surface area contributed by atoms with Crippen molar-refractivity contribution >= 4 is 17.4 Å². The van der Waals surface area contributed by atoms with Crippen molar-refractivity contribution in [3.8, 4) is 5.75 Å². The number of hydrogen-bond donors (Lipinski definition) is 0. The molecule has 1 unspecified atom stereocenters. The van der Waals surface area contributed by atoms with Crippen LogP contribution in [0.3, 0.4) is 0 Å². The second kappa shape index (κ2) is 11.4. The van der Waals surface area contributed by atoms with Gasteiger partial charge in [-0.25, -0.2) is 4.98 Å². The summed E-state index contributed by atoms with van der Waals surface area (Å²) in [5, 5.41) is 13.9. The fourth-order valence-electron chi connectivity index (χ4n) is 4.91. The molecule has 1 aliphatic rings. The first-order chi connectivity index (χ1) is 19.0. The predicted molar refractivity (Wildman–Crippen MR) is 146 cm³/mol. The smallest absolute Gasteiger partial charge is 0.295 e. The number of ether oxygens (including phenoxy) is 1. The number of H-pyrrole nitrogens is 1. The summed E-state index contributed by atoms with van der Waals surface area (Å²) in [6, 6.07) is 25.7. The van der Waals surface area contributed by atoms with Gasteiger partial charge in [0.15, 0.2) is 12.4 Å². The molecule has 1 fully saturated rings. The molecule has 5 rings (SSSR count). The van der Waals surface area contributed by atoms with Crippen LogP contribution in [0.15, 0.2) is 103 Å². The Bertz CT molecular complexity index is 1510. The van der Waals surface area contributed by atoms with E-state index in [9.17, 15) is 14.7 Å². The first kappa shape index (κ1) is 25.9. The number of nitrogens with zero attached hydrogens (tertiary/aromatic N) is 1. The molecule has 6 heteroatoms. The molecule has 196 valence electrons. The van der Waals surface area contributed by atoms with E-state index in [1.807, 2.05) is 73.7 Å². The van der Waals surface area contributed by atoms with Crippen LogP contribution in [0.5, 0.6) is 5.75 Å². The lowest BCUT2D eigenvalue weighted by atomic mass is 9.93. The fraction of sp³-hybridized carbons (Fsp3) is 0.182. The second-order valence-corrected chi connectivity index (χ2v) is 9.67. The summed E-state index contributed by atoms with van der Waals surface area (Å²) in [5.74, 6) is -1.24. The molecule has 1 aliphatic heterocycles. The number of aromatic amines is 1. The Hall–Kier alpha value is -4.71. The number of ketones is 1. The molecule has 0 spiro atoms. The number of Topliss-reactive ketones (excluding diaryl/α,β-unsaturated/α-hetero) is 1. The van der Waals surface area contributed by atoms with E-state index in [4.69, 9.17) is 4.74 Å². The lowest BCUT2D eigenvalue weighted by molar-refractivity contribution is -0.378. The van der Waals surface area contributed by atoms with E-state index in [1.165, 1.54) is 4.90 Å². The van der Waals surface area contributed by atoms with E-state index in [0.29, 0.717) is 23.5 Å². The molecule has 1 amide bonds. The number of rotatable bonds is 8. The van der Waals surface area contributed by atoms with E-state index in [-0.39, 0.29) is 12.1 Å². The molecule has 1 aromatic heterocycles. The SMILES string of the molecule is CCc1ccc(C2C(=C([O-])c3ccc(OCc4ccccc4)cc3C)C(=O)C(=O)N2Cc2ccc[nH+]c2)cc1. The third-order valence-electron chi connectivity index (χ3n) is 7.05. The maximum atomic E-state index is 13.9. The van der Waals surface area contributed by atoms with Gasteiger partial charge in [-0.3, -0.25) is 9.59 Å². The minimum Gasteiger partial charge on any atom is -0.872 e. The van der Waals surface area contributed by atoms with Crippen molar-refractivity contribution in [1.29, 1.82) is 0 Å². The largest absolute Gasteiger partial charge is 0.872 e. The number of carbonyl (C=O) groups is 2. The summed E-state index contributed by atoms with van der Waals surface area (Å²) >= 11 is 0. The molecular weight excluding hydrogens is 488 g/mol. The maximum absolute atomic E-state index is 13.9. The Balaban J connectivity index is 1.52. The van der Waals surface area contributed by atoms with Crippen molar-refractivity contribution in [1.82, 2.24) is 4.90 Å². The van der Waals surface area contributed by atoms with Crippen LogP contribution in [-0.2, 0) is 29.2 Å². The van der Waals surface area contributed by atoms with Crippen molar-refractivity contribution in [2.75, 3.05) is 0 Å². The average Bonchev–Trinajstić information content (AvgIpc) is 3.22. The molecule has 3 aromatic carbocycles. The van der Waals surface area contributed by atoms with Crippen LogP contribution >= 0.6 is 0 Å². The highest BCUT2D eigenvalue weighted by Gasteiger charge is 2.44. The first-order valence-corrected chi connectivity index (χ1v) is 13.0. The molecule has 1 atom stereocenters. The van der Waals surface area contributed by atoms with Crippen molar-refractivity contribution in [2.45, 2.75) is 39.5 Å². The number of amides is 1. The number of pyridine rings is 1. The minimum absolute atomic E-state index is 0.0230. The van der Waals surface area contributed by atoms with Gasteiger partial charge in [0.2, 0.25) is 5.78 Å². The number of nitrogens with one attached hydrogen (secondary N) is 1. The second-order valence-electron chi connectivity index (χ2n) is 9.67. The van der Waals surface area contributed by atoms with Gasteiger partial charge < -0.3 is 14.7 Å². The molecule has 0 bridgehead atoms. The molecule has 4 aromatic rings. The molecule has 0 saturated carbocycles. The molecule has 2 heterocycles. The average molecular weight is 519 g/mol. The van der Waals surface area contributed by atoms with Gasteiger partial charge in [0.05, 0.1) is 12.6 Å². The number of likely N-dealkylation sites (tertiary alicyclic amines) is 1. The third kappa shape index (κ3) is 5.46. The summed E-state index contributed by atoms with van der Waals surface area (Å²) in [5.41, 5.74) is 4.76. The highest BCUT2D eigenvalue weighted by Crippen LogP contribution is 2.40. The summed E-state index contributed by atoms with van der Waals surface area (Å²) in [6.45, 7) is 4.48. The number of benzene rings is 3. The van der Waals surface area contributed by atoms with E-state index in [2.05, 4.69) is 11.9 Å². The van der Waals surface area contributed by atoms with E-state index in [1.54, 1.807) is 30.6 Å². The Morgan fingerprint density at radius 3 is 2.33 bits per heavy atom. The summed E-state index contributed by atoms with van der Waals surface area (Å²) in [6.07, 6.45) is 4.42. The van der Waals surface area contributed by atoms with Crippen LogP contribution in [0, 0.1) is 6.92 Å². The monoisotopic (exact) mass is 518 g/mol. The number of aromatic nitrogens is 1. The number of carbonyl (C=O) groups excluding carboxylic acids is 2. The molecule has 1 N–H and O–H groups in total. The van der Waals surface area contributed by atoms with Gasteiger partial charge in [-0.1, -0.05) is 73.3 Å². The van der Waals surface area contributed by atoms with Crippen LogP contribution in [0.1, 0.15) is 46.3 Å². The van der Waals surface area contributed by atoms with E-state index in [0.717, 1.165) is 28.7 Å². The zero-order valence-corrected chi connectivity index (χ0v) is 22.0. The zero-order chi connectivity index (χ0) is 27.4. The topological polar surface area (TPSA) is 83.8 Å². The highest BCUT2D eigenvalue weighted by atomic mass is 16.5. The Morgan fingerprint density at radius 2 is 1.67 bits per heavy atom. The van der Waals surface area contributed by atoms with Crippen molar-refractivity contribution in [3.05, 3.63) is 136 Å². The van der Waals surface area contributed by atoms with Gasteiger partial charge in [-0.2, -0.15) is 0 Å². The van der Waals surface area contributed by atoms with Crippen LogP contribution in [0.25, 0.3) is 5.76 Å². The Kier molecular flexibility index (Phi) is 7.55. The molecular formula is C33H30N2O4. The van der Waals surface area contributed by atoms with Gasteiger partial charge in [0, 0.05) is 17.2 Å². The van der Waals surface area contributed by atoms with Crippen LogP contribution < -0.4 is 14.8 Å². The summed E-state index contributed by atoms with van der Waals surface area (Å²) in [7, 11) is 0. The quantitative estimate of drug-likeness (QED) is 0.197. The van der Waals surface area contributed by atoms with E-state index >= 15 is 0 Å². The lowest BCUT2D eigenvalue weighted by Crippen LogP contribution is -2.29. The standard InChI is InChI=1S/C33H30N2O4/c1-3-23-11-13-26(14-12-23)30-29(32(37)33(38)35(30)20-25-10-7-17-34-19-25)31(36)28-16-15-27(18-22(28)2)39-21-24-8-5-4-6-9-24/h4-19,30,36H,3,20-21H2,1-2H3. The Morgan fingerprint density at radius 1 is 0.923 bits per heavy atom. The van der Waals surface area contributed by atoms with Gasteiger partial charge >= 0.3 is 0 Å².